The zero-order valence-corrected chi connectivity index (χ0v) is 15.3. The fourth-order valence-electron chi connectivity index (χ4n) is 2.84. The molecule has 1 heterocycles. The second-order valence-corrected chi connectivity index (χ2v) is 7.09. The number of carbonyl (C=O) groups excluding carboxylic acids is 1. The van der Waals surface area contributed by atoms with Crippen LogP contribution in [0.5, 0.6) is 5.75 Å². The van der Waals surface area contributed by atoms with Crippen LogP contribution in [0.4, 0.5) is 0 Å². The zero-order chi connectivity index (χ0) is 16.2. The number of carbonyl (C=O) groups is 1. The van der Waals surface area contributed by atoms with Gasteiger partial charge in [0, 0.05) is 12.1 Å². The molecule has 1 aliphatic rings. The summed E-state index contributed by atoms with van der Waals surface area (Å²) in [6, 6.07) is 8.44. The summed E-state index contributed by atoms with van der Waals surface area (Å²) in [6.45, 7) is 9.64. The van der Waals surface area contributed by atoms with Crippen molar-refractivity contribution in [1.29, 1.82) is 0 Å². The number of ether oxygens (including phenoxy) is 1. The Balaban J connectivity index is 0.00000264. The quantitative estimate of drug-likeness (QED) is 0.885. The van der Waals surface area contributed by atoms with E-state index in [1.165, 1.54) is 0 Å². The van der Waals surface area contributed by atoms with Crippen molar-refractivity contribution < 1.29 is 9.53 Å². The maximum atomic E-state index is 12.1. The third-order valence-electron chi connectivity index (χ3n) is 4.16. The molecule has 1 aromatic rings. The highest BCUT2D eigenvalue weighted by molar-refractivity contribution is 5.85. The standard InChI is InChI=1S/C18H28N2O2.ClH/c1-13-15(9-7-11-19-13)20-17(21)12-22-16-10-6-5-8-14(16)18(2,3)4;/h5-6,8,10,13,15,19H,7,9,11-12H2,1-4H3,(H,20,21);1H. The second-order valence-electron chi connectivity index (χ2n) is 7.09. The number of amides is 1. The predicted molar refractivity (Wildman–Crippen MR) is 96.5 cm³/mol. The van der Waals surface area contributed by atoms with Crippen molar-refractivity contribution in [3.8, 4) is 5.75 Å². The van der Waals surface area contributed by atoms with Crippen LogP contribution in [0.1, 0.15) is 46.1 Å². The van der Waals surface area contributed by atoms with E-state index < -0.39 is 0 Å². The van der Waals surface area contributed by atoms with Gasteiger partial charge in [0.25, 0.3) is 5.91 Å². The summed E-state index contributed by atoms with van der Waals surface area (Å²) in [7, 11) is 0. The molecule has 0 aromatic heterocycles. The number of nitrogens with one attached hydrogen (secondary N) is 2. The molecule has 1 fully saturated rings. The summed E-state index contributed by atoms with van der Waals surface area (Å²) >= 11 is 0. The molecule has 0 spiro atoms. The largest absolute Gasteiger partial charge is 0.483 e. The van der Waals surface area contributed by atoms with E-state index in [2.05, 4.69) is 44.4 Å². The van der Waals surface area contributed by atoms with Crippen LogP contribution in [0.15, 0.2) is 24.3 Å². The Morgan fingerprint density at radius 2 is 2.04 bits per heavy atom. The molecule has 1 saturated heterocycles. The molecular weight excluding hydrogens is 312 g/mol. The van der Waals surface area contributed by atoms with Crippen molar-refractivity contribution in [2.24, 2.45) is 0 Å². The summed E-state index contributed by atoms with van der Waals surface area (Å²) < 4.78 is 5.77. The van der Waals surface area contributed by atoms with Crippen LogP contribution >= 0.6 is 12.4 Å². The van der Waals surface area contributed by atoms with Gasteiger partial charge in [0.05, 0.1) is 0 Å². The summed E-state index contributed by atoms with van der Waals surface area (Å²) in [6.07, 6.45) is 2.13. The first-order valence-electron chi connectivity index (χ1n) is 8.13. The Kier molecular flexibility index (Phi) is 7.36. The lowest BCUT2D eigenvalue weighted by atomic mass is 9.86. The predicted octanol–water partition coefficient (Wildman–Crippen LogP) is 3.04. The van der Waals surface area contributed by atoms with Crippen LogP contribution in [-0.2, 0) is 10.2 Å². The molecule has 0 radical (unpaired) electrons. The highest BCUT2D eigenvalue weighted by atomic mass is 35.5. The monoisotopic (exact) mass is 340 g/mol. The maximum absolute atomic E-state index is 12.1. The van der Waals surface area contributed by atoms with Gasteiger partial charge in [-0.3, -0.25) is 4.79 Å². The van der Waals surface area contributed by atoms with Gasteiger partial charge in [-0.25, -0.2) is 0 Å². The number of benzene rings is 1. The Hall–Kier alpha value is -1.26. The van der Waals surface area contributed by atoms with Gasteiger partial charge in [0.2, 0.25) is 0 Å². The van der Waals surface area contributed by atoms with Gasteiger partial charge >= 0.3 is 0 Å². The van der Waals surface area contributed by atoms with E-state index in [1.54, 1.807) is 0 Å². The topological polar surface area (TPSA) is 50.4 Å². The summed E-state index contributed by atoms with van der Waals surface area (Å²) in [5.74, 6) is 0.740. The molecule has 2 rings (SSSR count). The molecular formula is C18H29ClN2O2. The minimum atomic E-state index is -0.0516. The average molecular weight is 341 g/mol. The van der Waals surface area contributed by atoms with E-state index in [4.69, 9.17) is 4.74 Å². The first kappa shape index (κ1) is 19.8. The fraction of sp³-hybridized carbons (Fsp3) is 0.611. The molecule has 1 aromatic carbocycles. The normalized spacial score (nSPS) is 21.2. The zero-order valence-electron chi connectivity index (χ0n) is 14.5. The second kappa shape index (κ2) is 8.55. The Morgan fingerprint density at radius 3 is 2.70 bits per heavy atom. The van der Waals surface area contributed by atoms with E-state index >= 15 is 0 Å². The number of para-hydroxylation sites is 1. The molecule has 0 saturated carbocycles. The van der Waals surface area contributed by atoms with Gasteiger partial charge in [0.15, 0.2) is 6.61 Å². The highest BCUT2D eigenvalue weighted by Crippen LogP contribution is 2.30. The molecule has 5 heteroatoms. The van der Waals surface area contributed by atoms with E-state index in [1.807, 2.05) is 18.2 Å². The third kappa shape index (κ3) is 5.70. The molecule has 1 aliphatic heterocycles. The van der Waals surface area contributed by atoms with Crippen LogP contribution in [0, 0.1) is 0 Å². The molecule has 2 unspecified atom stereocenters. The number of halogens is 1. The molecule has 130 valence electrons. The van der Waals surface area contributed by atoms with Crippen molar-refractivity contribution in [3.05, 3.63) is 29.8 Å². The first-order chi connectivity index (χ1) is 10.4. The van der Waals surface area contributed by atoms with E-state index in [0.29, 0.717) is 6.04 Å². The van der Waals surface area contributed by atoms with Crippen molar-refractivity contribution in [2.45, 2.75) is 58.0 Å². The number of hydrogen-bond acceptors (Lipinski definition) is 3. The molecule has 4 nitrogen and oxygen atoms in total. The molecule has 2 N–H and O–H groups in total. The van der Waals surface area contributed by atoms with Gasteiger partial charge in [-0.1, -0.05) is 39.0 Å². The molecule has 0 bridgehead atoms. The first-order valence-corrected chi connectivity index (χ1v) is 8.13. The van der Waals surface area contributed by atoms with Gasteiger partial charge in [0.1, 0.15) is 5.75 Å². The SMILES string of the molecule is CC1NCCCC1NC(=O)COc1ccccc1C(C)(C)C.Cl. The summed E-state index contributed by atoms with van der Waals surface area (Å²) in [5, 5.41) is 6.46. The van der Waals surface area contributed by atoms with Gasteiger partial charge in [-0.2, -0.15) is 0 Å². The molecule has 23 heavy (non-hydrogen) atoms. The van der Waals surface area contributed by atoms with Crippen LogP contribution in [0.3, 0.4) is 0 Å². The van der Waals surface area contributed by atoms with Gasteiger partial charge in [-0.15, -0.1) is 12.4 Å². The fourth-order valence-corrected chi connectivity index (χ4v) is 2.84. The average Bonchev–Trinajstić information content (AvgIpc) is 2.47. The van der Waals surface area contributed by atoms with Crippen LogP contribution in [-0.4, -0.2) is 31.1 Å². The van der Waals surface area contributed by atoms with Crippen molar-refractivity contribution in [3.63, 3.8) is 0 Å². The van der Waals surface area contributed by atoms with E-state index in [0.717, 1.165) is 30.7 Å². The Bertz CT molecular complexity index is 514. The lowest BCUT2D eigenvalue weighted by Crippen LogP contribution is -2.52. The Morgan fingerprint density at radius 1 is 1.35 bits per heavy atom. The number of rotatable bonds is 4. The Labute approximate surface area is 145 Å². The highest BCUT2D eigenvalue weighted by Gasteiger charge is 2.23. The van der Waals surface area contributed by atoms with Crippen molar-refractivity contribution in [1.82, 2.24) is 10.6 Å². The smallest absolute Gasteiger partial charge is 0.258 e. The van der Waals surface area contributed by atoms with Gasteiger partial charge in [-0.05, 0) is 43.4 Å². The minimum absolute atomic E-state index is 0. The molecule has 1 amide bonds. The van der Waals surface area contributed by atoms with Crippen molar-refractivity contribution in [2.75, 3.05) is 13.2 Å². The minimum Gasteiger partial charge on any atom is -0.483 e. The van der Waals surface area contributed by atoms with E-state index in [-0.39, 0.29) is 36.4 Å². The number of hydrogen-bond donors (Lipinski definition) is 2. The summed E-state index contributed by atoms with van der Waals surface area (Å²) in [5.41, 5.74) is 1.12. The molecule has 0 aliphatic carbocycles. The van der Waals surface area contributed by atoms with E-state index in [9.17, 15) is 4.79 Å². The van der Waals surface area contributed by atoms with Crippen LogP contribution in [0.2, 0.25) is 0 Å². The van der Waals surface area contributed by atoms with Crippen LogP contribution < -0.4 is 15.4 Å². The lowest BCUT2D eigenvalue weighted by Gasteiger charge is -2.30. The maximum Gasteiger partial charge on any atom is 0.258 e. The van der Waals surface area contributed by atoms with Crippen LogP contribution in [0.25, 0.3) is 0 Å². The number of piperidine rings is 1. The van der Waals surface area contributed by atoms with Crippen molar-refractivity contribution >= 4 is 18.3 Å². The summed E-state index contributed by atoms with van der Waals surface area (Å²) in [4.78, 5) is 12.1. The molecule has 2 atom stereocenters. The lowest BCUT2D eigenvalue weighted by molar-refractivity contribution is -0.124. The third-order valence-corrected chi connectivity index (χ3v) is 4.16. The van der Waals surface area contributed by atoms with Gasteiger partial charge < -0.3 is 15.4 Å².